The number of carbonyl (C=O) groups is 2. The molecule has 1 N–H and O–H groups in total. The van der Waals surface area contributed by atoms with Crippen molar-refractivity contribution in [2.24, 2.45) is 0 Å². The van der Waals surface area contributed by atoms with Gasteiger partial charge in [0.05, 0.1) is 18.4 Å². The van der Waals surface area contributed by atoms with Crippen LogP contribution in [-0.4, -0.2) is 59.4 Å². The van der Waals surface area contributed by atoms with Gasteiger partial charge in [-0.05, 0) is 79.8 Å². The van der Waals surface area contributed by atoms with Gasteiger partial charge in [0.2, 0.25) is 0 Å². The predicted octanol–water partition coefficient (Wildman–Crippen LogP) is 7.17. The van der Waals surface area contributed by atoms with Gasteiger partial charge in [0, 0.05) is 41.3 Å². The van der Waals surface area contributed by atoms with E-state index in [1.54, 1.807) is 32.3 Å². The number of rotatable bonds is 7. The average Bonchev–Trinajstić information content (AvgIpc) is 3.86. The SMILES string of the molecule is Cc1cc(C)n2ncc(C(=O)Nc3ccc(-c4cn([C@H]5CCN(C(=O)c6ccc(Oc7ccc(C(C)(C)C)cc7)c(F)c6)C5)nn4)cc3)c2n1. The highest BCUT2D eigenvalue weighted by molar-refractivity contribution is 6.08. The quantitative estimate of drug-likeness (QED) is 0.191. The number of nitrogens with zero attached hydrogens (tertiary/aromatic N) is 7. The van der Waals surface area contributed by atoms with Gasteiger partial charge < -0.3 is 15.0 Å². The monoisotopic (exact) mass is 672 g/mol. The van der Waals surface area contributed by atoms with Crippen LogP contribution in [0.4, 0.5) is 10.1 Å². The number of likely N-dealkylation sites (tertiary alicyclic amines) is 1. The van der Waals surface area contributed by atoms with Crippen molar-refractivity contribution in [1.82, 2.24) is 34.5 Å². The first-order chi connectivity index (χ1) is 23.9. The number of aryl methyl sites for hydroxylation is 2. The third-order valence-corrected chi connectivity index (χ3v) is 8.92. The minimum absolute atomic E-state index is 0.000782. The third-order valence-electron chi connectivity index (χ3n) is 8.92. The van der Waals surface area contributed by atoms with Gasteiger partial charge in [-0.25, -0.2) is 18.6 Å². The van der Waals surface area contributed by atoms with Crippen LogP contribution in [0.5, 0.6) is 11.5 Å². The maximum absolute atomic E-state index is 15.0. The normalized spacial score (nSPS) is 14.7. The van der Waals surface area contributed by atoms with Crippen molar-refractivity contribution in [3.05, 3.63) is 119 Å². The molecule has 1 saturated heterocycles. The fourth-order valence-corrected chi connectivity index (χ4v) is 6.13. The van der Waals surface area contributed by atoms with E-state index in [1.165, 1.54) is 18.3 Å². The first kappa shape index (κ1) is 32.6. The molecule has 0 spiro atoms. The summed E-state index contributed by atoms with van der Waals surface area (Å²) in [5.74, 6) is -0.572. The van der Waals surface area contributed by atoms with Crippen molar-refractivity contribution >= 4 is 23.1 Å². The fourth-order valence-electron chi connectivity index (χ4n) is 6.13. The van der Waals surface area contributed by atoms with E-state index in [4.69, 9.17) is 4.74 Å². The second-order valence-electron chi connectivity index (χ2n) is 13.7. The number of hydrogen-bond donors (Lipinski definition) is 1. The van der Waals surface area contributed by atoms with Gasteiger partial charge in [-0.1, -0.05) is 50.3 Å². The van der Waals surface area contributed by atoms with Crippen LogP contribution in [0.15, 0.2) is 85.2 Å². The molecule has 254 valence electrons. The van der Waals surface area contributed by atoms with E-state index in [0.717, 1.165) is 22.5 Å². The van der Waals surface area contributed by atoms with Crippen molar-refractivity contribution in [1.29, 1.82) is 0 Å². The minimum atomic E-state index is -0.601. The van der Waals surface area contributed by atoms with Crippen LogP contribution in [0.1, 0.15) is 70.9 Å². The topological polar surface area (TPSA) is 120 Å². The lowest BCUT2D eigenvalue weighted by molar-refractivity contribution is 0.0786. The summed E-state index contributed by atoms with van der Waals surface area (Å²) in [5.41, 5.74) is 6.12. The highest BCUT2D eigenvalue weighted by Gasteiger charge is 2.29. The number of benzene rings is 3. The van der Waals surface area contributed by atoms with Crippen molar-refractivity contribution in [3.8, 4) is 22.8 Å². The van der Waals surface area contributed by atoms with E-state index in [0.29, 0.717) is 47.9 Å². The van der Waals surface area contributed by atoms with Crippen LogP contribution in [0.3, 0.4) is 0 Å². The number of nitrogens with one attached hydrogen (secondary N) is 1. The van der Waals surface area contributed by atoms with Crippen LogP contribution < -0.4 is 10.1 Å². The zero-order valence-electron chi connectivity index (χ0n) is 28.5. The number of ether oxygens (including phenoxy) is 1. The molecule has 4 heterocycles. The van der Waals surface area contributed by atoms with Gasteiger partial charge in [0.15, 0.2) is 17.2 Å². The van der Waals surface area contributed by atoms with Gasteiger partial charge >= 0.3 is 0 Å². The smallest absolute Gasteiger partial charge is 0.261 e. The maximum Gasteiger partial charge on any atom is 0.261 e. The summed E-state index contributed by atoms with van der Waals surface area (Å²) in [6.07, 6.45) is 4.05. The summed E-state index contributed by atoms with van der Waals surface area (Å²) in [5, 5.41) is 15.9. The van der Waals surface area contributed by atoms with Gasteiger partial charge in [-0.2, -0.15) is 5.10 Å². The molecule has 1 aliphatic rings. The summed E-state index contributed by atoms with van der Waals surface area (Å²) in [7, 11) is 0. The van der Waals surface area contributed by atoms with Crippen LogP contribution in [-0.2, 0) is 5.41 Å². The molecule has 0 aliphatic carbocycles. The Balaban J connectivity index is 0.961. The molecule has 11 nitrogen and oxygen atoms in total. The number of carbonyl (C=O) groups excluding carboxylic acids is 2. The van der Waals surface area contributed by atoms with Crippen LogP contribution >= 0.6 is 0 Å². The van der Waals surface area contributed by atoms with Crippen molar-refractivity contribution in [2.75, 3.05) is 18.4 Å². The Hall–Kier alpha value is -5.91. The summed E-state index contributed by atoms with van der Waals surface area (Å²) >= 11 is 0. The molecule has 2 amide bonds. The largest absolute Gasteiger partial charge is 0.454 e. The molecule has 6 aromatic rings. The van der Waals surface area contributed by atoms with Gasteiger partial charge in [-0.3, -0.25) is 9.59 Å². The van der Waals surface area contributed by atoms with Crippen molar-refractivity contribution < 1.29 is 18.7 Å². The molecule has 50 heavy (non-hydrogen) atoms. The Labute approximate surface area is 288 Å². The van der Waals surface area contributed by atoms with E-state index in [9.17, 15) is 9.59 Å². The highest BCUT2D eigenvalue weighted by Crippen LogP contribution is 2.30. The lowest BCUT2D eigenvalue weighted by Crippen LogP contribution is -2.29. The van der Waals surface area contributed by atoms with Crippen molar-refractivity contribution in [3.63, 3.8) is 0 Å². The Bertz CT molecular complexity index is 2220. The molecule has 7 rings (SSSR count). The second-order valence-corrected chi connectivity index (χ2v) is 13.7. The Morgan fingerprint density at radius 2 is 1.74 bits per heavy atom. The second kappa shape index (κ2) is 12.8. The lowest BCUT2D eigenvalue weighted by Gasteiger charge is -2.19. The molecule has 3 aromatic carbocycles. The molecule has 1 atom stereocenters. The van der Waals surface area contributed by atoms with E-state index >= 15 is 4.39 Å². The third kappa shape index (κ3) is 6.56. The fraction of sp³-hybridized carbons (Fsp3) is 0.263. The zero-order chi connectivity index (χ0) is 35.2. The zero-order valence-corrected chi connectivity index (χ0v) is 28.5. The molecule has 0 bridgehead atoms. The van der Waals surface area contributed by atoms with Gasteiger partial charge in [-0.15, -0.1) is 5.10 Å². The Kier molecular flexibility index (Phi) is 8.38. The van der Waals surface area contributed by atoms with Gasteiger partial charge in [0.1, 0.15) is 17.0 Å². The molecular formula is C38H37FN8O3. The number of anilines is 1. The number of hydrogen-bond acceptors (Lipinski definition) is 7. The first-order valence-corrected chi connectivity index (χ1v) is 16.5. The Morgan fingerprint density at radius 1 is 0.980 bits per heavy atom. The summed E-state index contributed by atoms with van der Waals surface area (Å²) in [6.45, 7) is 11.1. The lowest BCUT2D eigenvalue weighted by atomic mass is 9.87. The molecule has 1 aliphatic heterocycles. The van der Waals surface area contributed by atoms with Crippen LogP contribution in [0.2, 0.25) is 0 Å². The number of aromatic nitrogens is 6. The molecule has 0 unspecified atom stereocenters. The summed E-state index contributed by atoms with van der Waals surface area (Å²) < 4.78 is 24.2. The number of amides is 2. The minimum Gasteiger partial charge on any atom is -0.454 e. The number of fused-ring (bicyclic) bond motifs is 1. The summed E-state index contributed by atoms with van der Waals surface area (Å²) in [4.78, 5) is 32.5. The first-order valence-electron chi connectivity index (χ1n) is 16.5. The molecule has 3 aromatic heterocycles. The molecule has 0 saturated carbocycles. The average molecular weight is 673 g/mol. The highest BCUT2D eigenvalue weighted by atomic mass is 19.1. The molecule has 1 fully saturated rings. The van der Waals surface area contributed by atoms with E-state index in [2.05, 4.69) is 46.5 Å². The summed E-state index contributed by atoms with van der Waals surface area (Å²) in [6, 6.07) is 21.0. The van der Waals surface area contributed by atoms with Crippen LogP contribution in [0.25, 0.3) is 16.9 Å². The maximum atomic E-state index is 15.0. The molecule has 0 radical (unpaired) electrons. The molecular weight excluding hydrogens is 635 g/mol. The van der Waals surface area contributed by atoms with Crippen LogP contribution in [0, 0.1) is 19.7 Å². The molecule has 12 heteroatoms. The van der Waals surface area contributed by atoms with E-state index in [-0.39, 0.29) is 34.6 Å². The van der Waals surface area contributed by atoms with E-state index < -0.39 is 5.82 Å². The van der Waals surface area contributed by atoms with E-state index in [1.807, 2.05) is 62.5 Å². The number of halogens is 1. The van der Waals surface area contributed by atoms with Crippen molar-refractivity contribution in [2.45, 2.75) is 52.5 Å². The standard InChI is InChI=1S/C38H37FN8O3/c1-23-18-24(2)47-35(41-23)31(20-40-47)36(48)42-28-11-6-25(7-12-28)33-22-46(44-43-33)29-16-17-45(21-29)37(49)26-8-15-34(32(39)19-26)50-30-13-9-27(10-14-30)38(3,4)5/h6-15,18-20,22,29H,16-17,21H2,1-5H3,(H,42,48)/t29-/m0/s1. The Morgan fingerprint density at radius 3 is 2.46 bits per heavy atom. The van der Waals surface area contributed by atoms with Gasteiger partial charge in [0.25, 0.3) is 11.8 Å². The predicted molar refractivity (Wildman–Crippen MR) is 187 cm³/mol.